The van der Waals surface area contributed by atoms with Gasteiger partial charge in [-0.15, -0.1) is 0 Å². The fourth-order valence-corrected chi connectivity index (χ4v) is 2.34. The second-order valence-electron chi connectivity index (χ2n) is 4.79. The summed E-state index contributed by atoms with van der Waals surface area (Å²) in [4.78, 5) is 12.4. The van der Waals surface area contributed by atoms with Crippen molar-refractivity contribution in [2.45, 2.75) is 32.2 Å². The van der Waals surface area contributed by atoms with Crippen LogP contribution >= 0.6 is 11.6 Å². The van der Waals surface area contributed by atoms with Crippen LogP contribution in [0.25, 0.3) is 0 Å². The average molecular weight is 316 g/mol. The third kappa shape index (κ3) is 3.80. The van der Waals surface area contributed by atoms with E-state index >= 15 is 0 Å². The van der Waals surface area contributed by atoms with Crippen LogP contribution in [0.4, 0.5) is 0 Å². The Morgan fingerprint density at radius 1 is 1.29 bits per heavy atom. The molecule has 0 saturated heterocycles. The summed E-state index contributed by atoms with van der Waals surface area (Å²) in [5, 5.41) is 12.7. The van der Waals surface area contributed by atoms with E-state index in [2.05, 4.69) is 5.32 Å². The van der Waals surface area contributed by atoms with Gasteiger partial charge in [-0.2, -0.15) is 0 Å². The van der Waals surface area contributed by atoms with Crippen LogP contribution in [0.1, 0.15) is 37.0 Å². The number of amides is 1. The maximum Gasteiger partial charge on any atom is 0.251 e. The summed E-state index contributed by atoms with van der Waals surface area (Å²) in [5.41, 5.74) is -0.270. The van der Waals surface area contributed by atoms with Crippen LogP contribution < -0.4 is 14.8 Å². The largest absolute Gasteiger partial charge is 0.493 e. The highest BCUT2D eigenvalue weighted by Gasteiger charge is 2.28. The first kappa shape index (κ1) is 17.6. The molecular weight excluding hydrogens is 294 g/mol. The minimum absolute atomic E-state index is 0.118. The van der Waals surface area contributed by atoms with E-state index in [1.54, 1.807) is 6.07 Å². The van der Waals surface area contributed by atoms with Crippen molar-refractivity contribution in [1.82, 2.24) is 5.32 Å². The predicted molar refractivity (Wildman–Crippen MR) is 82.4 cm³/mol. The first-order valence-electron chi connectivity index (χ1n) is 6.81. The fourth-order valence-electron chi connectivity index (χ4n) is 2.05. The van der Waals surface area contributed by atoms with E-state index in [0.29, 0.717) is 34.9 Å². The Morgan fingerprint density at radius 2 is 1.90 bits per heavy atom. The third-order valence-electron chi connectivity index (χ3n) is 3.73. The molecule has 21 heavy (non-hydrogen) atoms. The third-order valence-corrected chi connectivity index (χ3v) is 4.01. The number of methoxy groups -OCH3 is 2. The summed E-state index contributed by atoms with van der Waals surface area (Å²) in [7, 11) is 2.96. The van der Waals surface area contributed by atoms with Gasteiger partial charge in [0.25, 0.3) is 5.91 Å². The molecule has 118 valence electrons. The normalized spacial score (nSPS) is 11.1. The standard InChI is InChI=1S/C15H22ClNO4/c1-5-15(6-2,9-18)17-14(19)10-7-11(16)13(21-4)12(8-10)20-3/h7-8,18H,5-6,9H2,1-4H3,(H,17,19). The van der Waals surface area contributed by atoms with Crippen LogP contribution in [0.3, 0.4) is 0 Å². The molecule has 0 heterocycles. The molecule has 0 radical (unpaired) electrons. The van der Waals surface area contributed by atoms with Crippen molar-refractivity contribution >= 4 is 17.5 Å². The number of rotatable bonds is 7. The molecule has 0 spiro atoms. The first-order valence-corrected chi connectivity index (χ1v) is 7.19. The van der Waals surface area contributed by atoms with E-state index in [1.165, 1.54) is 20.3 Å². The second-order valence-corrected chi connectivity index (χ2v) is 5.20. The number of halogens is 1. The molecule has 0 unspecified atom stereocenters. The number of benzene rings is 1. The first-order chi connectivity index (χ1) is 9.96. The van der Waals surface area contributed by atoms with Crippen LogP contribution in [0.15, 0.2) is 12.1 Å². The van der Waals surface area contributed by atoms with Gasteiger partial charge in [-0.05, 0) is 25.0 Å². The summed E-state index contributed by atoms with van der Waals surface area (Å²) in [6, 6.07) is 3.08. The second kappa shape index (κ2) is 7.52. The van der Waals surface area contributed by atoms with Crippen LogP contribution in [0.2, 0.25) is 5.02 Å². The van der Waals surface area contributed by atoms with Gasteiger partial charge in [0.2, 0.25) is 0 Å². The van der Waals surface area contributed by atoms with Crippen molar-refractivity contribution in [3.8, 4) is 11.5 Å². The molecule has 0 fully saturated rings. The molecule has 0 saturated carbocycles. The molecule has 6 heteroatoms. The number of nitrogens with one attached hydrogen (secondary N) is 1. The summed E-state index contributed by atoms with van der Waals surface area (Å²) in [6.45, 7) is 3.72. The molecule has 2 N–H and O–H groups in total. The Kier molecular flexibility index (Phi) is 6.30. The highest BCUT2D eigenvalue weighted by atomic mass is 35.5. The van der Waals surface area contributed by atoms with Crippen LogP contribution in [0, 0.1) is 0 Å². The zero-order chi connectivity index (χ0) is 16.0. The van der Waals surface area contributed by atoms with Gasteiger partial charge in [-0.3, -0.25) is 4.79 Å². The molecule has 0 aliphatic heterocycles. The Morgan fingerprint density at radius 3 is 2.33 bits per heavy atom. The molecule has 1 aromatic rings. The van der Waals surface area contributed by atoms with Gasteiger partial charge in [0, 0.05) is 5.56 Å². The summed E-state index contributed by atoms with van der Waals surface area (Å²) < 4.78 is 10.3. The van der Waals surface area contributed by atoms with E-state index in [1.807, 2.05) is 13.8 Å². The van der Waals surface area contributed by atoms with E-state index in [0.717, 1.165) is 0 Å². The number of carbonyl (C=O) groups is 1. The Labute approximate surface area is 130 Å². The zero-order valence-electron chi connectivity index (χ0n) is 12.8. The fraction of sp³-hybridized carbons (Fsp3) is 0.533. The summed E-state index contributed by atoms with van der Waals surface area (Å²) >= 11 is 6.10. The quantitative estimate of drug-likeness (QED) is 0.811. The molecule has 1 rings (SSSR count). The molecule has 0 atom stereocenters. The van der Waals surface area contributed by atoms with Gasteiger partial charge in [-0.25, -0.2) is 0 Å². The smallest absolute Gasteiger partial charge is 0.251 e. The lowest BCUT2D eigenvalue weighted by Gasteiger charge is -2.30. The van der Waals surface area contributed by atoms with Crippen molar-refractivity contribution in [3.05, 3.63) is 22.7 Å². The lowest BCUT2D eigenvalue weighted by molar-refractivity contribution is 0.0817. The molecule has 0 aromatic heterocycles. The molecule has 0 aliphatic carbocycles. The number of hydrogen-bond donors (Lipinski definition) is 2. The molecular formula is C15H22ClNO4. The average Bonchev–Trinajstić information content (AvgIpc) is 2.51. The Balaban J connectivity index is 3.11. The number of hydrogen-bond acceptors (Lipinski definition) is 4. The summed E-state index contributed by atoms with van der Waals surface area (Å²) in [5.74, 6) is 0.462. The van der Waals surface area contributed by atoms with E-state index in [-0.39, 0.29) is 12.5 Å². The number of ether oxygens (including phenoxy) is 2. The number of carbonyl (C=O) groups excluding carboxylic acids is 1. The highest BCUT2D eigenvalue weighted by molar-refractivity contribution is 6.32. The minimum atomic E-state index is -0.628. The van der Waals surface area contributed by atoms with Gasteiger partial charge in [0.1, 0.15) is 0 Å². The monoisotopic (exact) mass is 315 g/mol. The van der Waals surface area contributed by atoms with Crippen molar-refractivity contribution in [2.75, 3.05) is 20.8 Å². The number of aliphatic hydroxyl groups excluding tert-OH is 1. The molecule has 1 aromatic carbocycles. The van der Waals surface area contributed by atoms with Crippen molar-refractivity contribution < 1.29 is 19.4 Å². The molecule has 1 amide bonds. The van der Waals surface area contributed by atoms with Crippen LogP contribution in [-0.4, -0.2) is 37.4 Å². The maximum absolute atomic E-state index is 12.4. The Bertz CT molecular complexity index is 492. The van der Waals surface area contributed by atoms with Gasteiger partial charge in [0.05, 0.1) is 31.4 Å². The highest BCUT2D eigenvalue weighted by Crippen LogP contribution is 2.36. The molecule has 0 aliphatic rings. The van der Waals surface area contributed by atoms with Crippen LogP contribution in [0.5, 0.6) is 11.5 Å². The van der Waals surface area contributed by atoms with E-state index in [4.69, 9.17) is 21.1 Å². The van der Waals surface area contributed by atoms with Crippen molar-refractivity contribution in [1.29, 1.82) is 0 Å². The maximum atomic E-state index is 12.4. The Hall–Kier alpha value is -1.46. The van der Waals surface area contributed by atoms with E-state index in [9.17, 15) is 9.90 Å². The SMILES string of the molecule is CCC(CC)(CO)NC(=O)c1cc(Cl)c(OC)c(OC)c1. The molecule has 5 nitrogen and oxygen atoms in total. The topological polar surface area (TPSA) is 67.8 Å². The van der Waals surface area contributed by atoms with E-state index < -0.39 is 5.54 Å². The minimum Gasteiger partial charge on any atom is -0.493 e. The van der Waals surface area contributed by atoms with Gasteiger partial charge in [-0.1, -0.05) is 25.4 Å². The van der Waals surface area contributed by atoms with Crippen molar-refractivity contribution in [2.24, 2.45) is 0 Å². The van der Waals surface area contributed by atoms with Gasteiger partial charge in [0.15, 0.2) is 11.5 Å². The van der Waals surface area contributed by atoms with Crippen LogP contribution in [-0.2, 0) is 0 Å². The number of aliphatic hydroxyl groups is 1. The lowest BCUT2D eigenvalue weighted by atomic mass is 9.93. The zero-order valence-corrected chi connectivity index (χ0v) is 13.6. The molecule has 0 bridgehead atoms. The van der Waals surface area contributed by atoms with Crippen molar-refractivity contribution in [3.63, 3.8) is 0 Å². The predicted octanol–water partition coefficient (Wildman–Crippen LogP) is 2.64. The summed E-state index contributed by atoms with van der Waals surface area (Å²) in [6.07, 6.45) is 1.26. The van der Waals surface area contributed by atoms with Gasteiger partial charge < -0.3 is 19.9 Å². The lowest BCUT2D eigenvalue weighted by Crippen LogP contribution is -2.50. The van der Waals surface area contributed by atoms with Gasteiger partial charge >= 0.3 is 0 Å².